The molecular weight excluding hydrogens is 392 g/mol. The van der Waals surface area contributed by atoms with Crippen LogP contribution in [0.5, 0.6) is 0 Å². The Bertz CT molecular complexity index is 981. The van der Waals surface area contributed by atoms with E-state index in [1.54, 1.807) is 11.9 Å². The molecule has 0 N–H and O–H groups in total. The van der Waals surface area contributed by atoms with E-state index in [9.17, 15) is 9.59 Å². The smallest absolute Gasteiger partial charge is 0.270 e. The summed E-state index contributed by atoms with van der Waals surface area (Å²) in [7, 11) is 1.77. The number of benzene rings is 2. The molecule has 0 radical (unpaired) electrons. The molecule has 1 fully saturated rings. The van der Waals surface area contributed by atoms with Crippen molar-refractivity contribution in [1.82, 2.24) is 4.90 Å². The minimum atomic E-state index is -0.151. The second-order valence-electron chi connectivity index (χ2n) is 8.02. The Morgan fingerprint density at radius 3 is 2.52 bits per heavy atom. The summed E-state index contributed by atoms with van der Waals surface area (Å²) >= 11 is 0. The zero-order valence-corrected chi connectivity index (χ0v) is 18.1. The Morgan fingerprint density at radius 2 is 1.81 bits per heavy atom. The number of carbonyl (C=O) groups is 2. The van der Waals surface area contributed by atoms with E-state index in [-0.39, 0.29) is 18.2 Å². The lowest BCUT2D eigenvalue weighted by Gasteiger charge is -2.29. The van der Waals surface area contributed by atoms with E-state index in [1.165, 1.54) is 10.7 Å². The SMILES string of the molecule is Cc1cccc(N2N=C(C(=O)N(C)Cc3ccc(N4CCOCC4)cc3)CCC2=O)c1. The molecule has 2 aromatic rings. The third kappa shape index (κ3) is 4.94. The van der Waals surface area contributed by atoms with Crippen LogP contribution in [0.2, 0.25) is 0 Å². The van der Waals surface area contributed by atoms with Crippen LogP contribution in [-0.2, 0) is 20.9 Å². The summed E-state index contributed by atoms with van der Waals surface area (Å²) in [5.74, 6) is -0.245. The maximum atomic E-state index is 13.0. The van der Waals surface area contributed by atoms with Gasteiger partial charge in [0.15, 0.2) is 0 Å². The summed E-state index contributed by atoms with van der Waals surface area (Å²) in [4.78, 5) is 29.3. The first kappa shape index (κ1) is 21.1. The normalized spacial score (nSPS) is 16.8. The summed E-state index contributed by atoms with van der Waals surface area (Å²) < 4.78 is 5.41. The van der Waals surface area contributed by atoms with Crippen LogP contribution in [0.15, 0.2) is 53.6 Å². The zero-order chi connectivity index (χ0) is 21.8. The Hall–Kier alpha value is -3.19. The fourth-order valence-corrected chi connectivity index (χ4v) is 3.87. The second kappa shape index (κ2) is 9.31. The number of ether oxygens (including phenoxy) is 1. The van der Waals surface area contributed by atoms with E-state index in [1.807, 2.05) is 31.2 Å². The average molecular weight is 421 g/mol. The van der Waals surface area contributed by atoms with E-state index < -0.39 is 0 Å². The number of hydrogen-bond donors (Lipinski definition) is 0. The van der Waals surface area contributed by atoms with Crippen molar-refractivity contribution >= 4 is 28.9 Å². The Kier molecular flexibility index (Phi) is 6.32. The minimum Gasteiger partial charge on any atom is -0.378 e. The molecule has 31 heavy (non-hydrogen) atoms. The van der Waals surface area contributed by atoms with Gasteiger partial charge in [0.05, 0.1) is 18.9 Å². The second-order valence-corrected chi connectivity index (χ2v) is 8.02. The quantitative estimate of drug-likeness (QED) is 0.746. The van der Waals surface area contributed by atoms with Gasteiger partial charge in [-0.05, 0) is 42.3 Å². The first-order valence-electron chi connectivity index (χ1n) is 10.7. The number of morpholine rings is 1. The molecule has 4 rings (SSSR count). The molecule has 7 nitrogen and oxygen atoms in total. The molecule has 2 aliphatic rings. The highest BCUT2D eigenvalue weighted by molar-refractivity contribution is 6.40. The molecule has 2 aromatic carbocycles. The van der Waals surface area contributed by atoms with Crippen molar-refractivity contribution in [2.75, 3.05) is 43.3 Å². The summed E-state index contributed by atoms with van der Waals surface area (Å²) in [6, 6.07) is 15.9. The van der Waals surface area contributed by atoms with Gasteiger partial charge in [0, 0.05) is 45.2 Å². The van der Waals surface area contributed by atoms with Gasteiger partial charge in [-0.3, -0.25) is 9.59 Å². The molecule has 2 amide bonds. The van der Waals surface area contributed by atoms with Crippen LogP contribution in [0.25, 0.3) is 0 Å². The lowest BCUT2D eigenvalue weighted by Crippen LogP contribution is -2.39. The van der Waals surface area contributed by atoms with Gasteiger partial charge in [-0.1, -0.05) is 24.3 Å². The molecule has 0 spiro atoms. The number of nitrogens with zero attached hydrogens (tertiary/aromatic N) is 4. The van der Waals surface area contributed by atoms with Gasteiger partial charge in [0.25, 0.3) is 5.91 Å². The van der Waals surface area contributed by atoms with Crippen molar-refractivity contribution in [2.24, 2.45) is 5.10 Å². The van der Waals surface area contributed by atoms with Crippen molar-refractivity contribution in [3.05, 3.63) is 59.7 Å². The van der Waals surface area contributed by atoms with Gasteiger partial charge >= 0.3 is 0 Å². The summed E-state index contributed by atoms with van der Waals surface area (Å²) in [6.07, 6.45) is 0.640. The maximum Gasteiger partial charge on any atom is 0.270 e. The van der Waals surface area contributed by atoms with Gasteiger partial charge < -0.3 is 14.5 Å². The topological polar surface area (TPSA) is 65.5 Å². The van der Waals surface area contributed by atoms with Crippen LogP contribution in [0.1, 0.15) is 24.0 Å². The highest BCUT2D eigenvalue weighted by Crippen LogP contribution is 2.22. The van der Waals surface area contributed by atoms with Gasteiger partial charge in [-0.25, -0.2) is 5.01 Å². The minimum absolute atomic E-state index is 0.0940. The number of carbonyl (C=O) groups excluding carboxylic acids is 2. The third-order valence-corrected chi connectivity index (χ3v) is 5.60. The summed E-state index contributed by atoms with van der Waals surface area (Å²) in [6.45, 7) is 5.75. The lowest BCUT2D eigenvalue weighted by atomic mass is 10.1. The molecule has 0 aromatic heterocycles. The molecule has 0 atom stereocenters. The number of aryl methyl sites for hydroxylation is 1. The molecule has 0 bridgehead atoms. The summed E-state index contributed by atoms with van der Waals surface area (Å²) in [5.41, 5.74) is 4.36. The lowest BCUT2D eigenvalue weighted by molar-refractivity contribution is -0.123. The largest absolute Gasteiger partial charge is 0.378 e. The number of amides is 2. The number of hydrogen-bond acceptors (Lipinski definition) is 5. The Balaban J connectivity index is 1.43. The van der Waals surface area contributed by atoms with Crippen molar-refractivity contribution in [3.63, 3.8) is 0 Å². The Labute approximate surface area is 182 Å². The molecule has 0 aliphatic carbocycles. The van der Waals surface area contributed by atoms with Crippen LogP contribution >= 0.6 is 0 Å². The molecule has 162 valence electrons. The van der Waals surface area contributed by atoms with Crippen LogP contribution in [0.4, 0.5) is 11.4 Å². The van der Waals surface area contributed by atoms with Crippen LogP contribution < -0.4 is 9.91 Å². The van der Waals surface area contributed by atoms with Gasteiger partial charge in [-0.2, -0.15) is 5.10 Å². The van der Waals surface area contributed by atoms with Crippen molar-refractivity contribution < 1.29 is 14.3 Å². The predicted molar refractivity (Wildman–Crippen MR) is 121 cm³/mol. The molecule has 2 heterocycles. The Morgan fingerprint density at radius 1 is 1.06 bits per heavy atom. The number of hydrazone groups is 1. The maximum absolute atomic E-state index is 13.0. The monoisotopic (exact) mass is 420 g/mol. The highest BCUT2D eigenvalue weighted by Gasteiger charge is 2.27. The fourth-order valence-electron chi connectivity index (χ4n) is 3.87. The van der Waals surface area contributed by atoms with E-state index in [2.05, 4.69) is 34.3 Å². The molecule has 7 heteroatoms. The average Bonchev–Trinajstić information content (AvgIpc) is 2.80. The summed E-state index contributed by atoms with van der Waals surface area (Å²) in [5, 5.41) is 5.76. The van der Waals surface area contributed by atoms with E-state index in [4.69, 9.17) is 4.74 Å². The number of anilines is 2. The first-order chi connectivity index (χ1) is 15.0. The first-order valence-corrected chi connectivity index (χ1v) is 10.7. The van der Waals surface area contributed by atoms with Gasteiger partial charge in [0.1, 0.15) is 5.71 Å². The highest BCUT2D eigenvalue weighted by atomic mass is 16.5. The standard InChI is InChI=1S/C24H28N4O3/c1-18-4-3-5-21(16-18)28-23(29)11-10-22(25-28)24(30)26(2)17-19-6-8-20(9-7-19)27-12-14-31-15-13-27/h3-9,16H,10-15,17H2,1-2H3. The van der Waals surface area contributed by atoms with Crippen LogP contribution in [0, 0.1) is 6.92 Å². The molecule has 1 saturated heterocycles. The molecule has 0 saturated carbocycles. The van der Waals surface area contributed by atoms with Crippen LogP contribution in [0.3, 0.4) is 0 Å². The number of rotatable bonds is 5. The predicted octanol–water partition coefficient (Wildman–Crippen LogP) is 2.97. The van der Waals surface area contributed by atoms with E-state index in [0.717, 1.165) is 37.4 Å². The third-order valence-electron chi connectivity index (χ3n) is 5.60. The van der Waals surface area contributed by atoms with Crippen molar-refractivity contribution in [3.8, 4) is 0 Å². The zero-order valence-electron chi connectivity index (χ0n) is 18.1. The van der Waals surface area contributed by atoms with E-state index in [0.29, 0.717) is 24.4 Å². The van der Waals surface area contributed by atoms with Gasteiger partial charge in [0.2, 0.25) is 5.91 Å². The fraction of sp³-hybridized carbons (Fsp3) is 0.375. The molecule has 2 aliphatic heterocycles. The molecule has 0 unspecified atom stereocenters. The van der Waals surface area contributed by atoms with Crippen molar-refractivity contribution in [1.29, 1.82) is 0 Å². The van der Waals surface area contributed by atoms with Crippen molar-refractivity contribution in [2.45, 2.75) is 26.3 Å². The van der Waals surface area contributed by atoms with Crippen LogP contribution in [-0.4, -0.2) is 55.8 Å². The van der Waals surface area contributed by atoms with Gasteiger partial charge in [-0.15, -0.1) is 0 Å². The van der Waals surface area contributed by atoms with E-state index >= 15 is 0 Å². The molecular formula is C24H28N4O3.